The number of benzene rings is 1. The number of carboxylic acid groups (broad SMARTS) is 1. The first-order valence-corrected chi connectivity index (χ1v) is 6.60. The van der Waals surface area contributed by atoms with E-state index in [-0.39, 0.29) is 5.92 Å². The van der Waals surface area contributed by atoms with Crippen LogP contribution >= 0.6 is 23.2 Å². The molecule has 0 aromatic heterocycles. The van der Waals surface area contributed by atoms with E-state index < -0.39 is 12.0 Å². The zero-order valence-electron chi connectivity index (χ0n) is 11.0. The Balaban J connectivity index is 2.81. The third kappa shape index (κ3) is 4.27. The van der Waals surface area contributed by atoms with E-state index in [1.54, 1.807) is 12.1 Å². The SMILES string of the molecule is COc1c(Cl)cc(CNC(C(=O)O)C(C)C)cc1Cl. The Labute approximate surface area is 122 Å². The normalized spacial score (nSPS) is 12.5. The van der Waals surface area contributed by atoms with Gasteiger partial charge >= 0.3 is 5.97 Å². The van der Waals surface area contributed by atoms with E-state index in [2.05, 4.69) is 5.32 Å². The maximum absolute atomic E-state index is 11.1. The summed E-state index contributed by atoms with van der Waals surface area (Å²) in [5, 5.41) is 12.9. The molecule has 0 fully saturated rings. The van der Waals surface area contributed by atoms with Crippen LogP contribution in [0.3, 0.4) is 0 Å². The number of hydrogen-bond acceptors (Lipinski definition) is 3. The van der Waals surface area contributed by atoms with Crippen molar-refractivity contribution in [3.05, 3.63) is 27.7 Å². The third-order valence-electron chi connectivity index (χ3n) is 2.72. The molecular formula is C13H17Cl2NO3. The van der Waals surface area contributed by atoms with Gasteiger partial charge in [-0.05, 0) is 23.6 Å². The van der Waals surface area contributed by atoms with Gasteiger partial charge in [-0.3, -0.25) is 4.79 Å². The molecule has 0 spiro atoms. The molecule has 1 unspecified atom stereocenters. The van der Waals surface area contributed by atoms with Crippen molar-refractivity contribution in [2.45, 2.75) is 26.4 Å². The number of aliphatic carboxylic acids is 1. The molecular weight excluding hydrogens is 289 g/mol. The standard InChI is InChI=1S/C13H17Cl2NO3/c1-7(2)11(13(17)18)16-6-8-4-9(14)12(19-3)10(15)5-8/h4-5,7,11,16H,6H2,1-3H3,(H,17,18). The number of ether oxygens (including phenoxy) is 1. The fraction of sp³-hybridized carbons (Fsp3) is 0.462. The molecule has 2 N–H and O–H groups in total. The van der Waals surface area contributed by atoms with Gasteiger partial charge in [0.05, 0.1) is 17.2 Å². The summed E-state index contributed by atoms with van der Waals surface area (Å²) in [6, 6.07) is 2.80. The van der Waals surface area contributed by atoms with Gasteiger partial charge in [0.1, 0.15) is 6.04 Å². The number of methoxy groups -OCH3 is 1. The summed E-state index contributed by atoms with van der Waals surface area (Å²) < 4.78 is 5.05. The molecule has 0 heterocycles. The van der Waals surface area contributed by atoms with Crippen LogP contribution in [0.25, 0.3) is 0 Å². The fourth-order valence-electron chi connectivity index (χ4n) is 1.75. The molecule has 1 atom stereocenters. The van der Waals surface area contributed by atoms with Gasteiger partial charge in [-0.15, -0.1) is 0 Å². The Bertz CT molecular complexity index is 440. The summed E-state index contributed by atoms with van der Waals surface area (Å²) in [6.45, 7) is 4.07. The third-order valence-corrected chi connectivity index (χ3v) is 3.28. The Morgan fingerprint density at radius 2 is 1.89 bits per heavy atom. The lowest BCUT2D eigenvalue weighted by Gasteiger charge is -2.18. The van der Waals surface area contributed by atoms with E-state index in [9.17, 15) is 4.79 Å². The first-order chi connectivity index (χ1) is 8.86. The molecule has 0 aliphatic carbocycles. The van der Waals surface area contributed by atoms with Crippen molar-refractivity contribution in [1.82, 2.24) is 5.32 Å². The molecule has 1 aromatic carbocycles. The predicted molar refractivity (Wildman–Crippen MR) is 76.1 cm³/mol. The topological polar surface area (TPSA) is 58.6 Å². The Kier molecular flexibility index (Phi) is 5.91. The second-order valence-corrected chi connectivity index (χ2v) is 5.35. The summed E-state index contributed by atoms with van der Waals surface area (Å²) >= 11 is 12.0. The van der Waals surface area contributed by atoms with Gasteiger partial charge < -0.3 is 15.2 Å². The van der Waals surface area contributed by atoms with Crippen molar-refractivity contribution in [2.75, 3.05) is 7.11 Å². The second kappa shape index (κ2) is 6.98. The minimum Gasteiger partial charge on any atom is -0.494 e. The first kappa shape index (κ1) is 16.1. The van der Waals surface area contributed by atoms with Crippen LogP contribution in [0, 0.1) is 5.92 Å². The summed E-state index contributed by atoms with van der Waals surface area (Å²) in [7, 11) is 1.49. The van der Waals surface area contributed by atoms with Crippen LogP contribution in [0.15, 0.2) is 12.1 Å². The zero-order valence-corrected chi connectivity index (χ0v) is 12.5. The molecule has 4 nitrogen and oxygen atoms in total. The fourth-order valence-corrected chi connectivity index (χ4v) is 2.43. The van der Waals surface area contributed by atoms with Crippen molar-refractivity contribution in [3.8, 4) is 5.75 Å². The van der Waals surface area contributed by atoms with Crippen LogP contribution in [-0.2, 0) is 11.3 Å². The highest BCUT2D eigenvalue weighted by molar-refractivity contribution is 6.37. The minimum atomic E-state index is -0.874. The molecule has 1 aromatic rings. The van der Waals surface area contributed by atoms with Gasteiger partial charge in [-0.1, -0.05) is 37.0 Å². The second-order valence-electron chi connectivity index (χ2n) is 4.53. The summed E-state index contributed by atoms with van der Waals surface area (Å²) in [4.78, 5) is 11.1. The summed E-state index contributed by atoms with van der Waals surface area (Å²) in [5.74, 6) is -0.465. The van der Waals surface area contributed by atoms with E-state index in [1.807, 2.05) is 13.8 Å². The van der Waals surface area contributed by atoms with E-state index >= 15 is 0 Å². The van der Waals surface area contributed by atoms with Crippen molar-refractivity contribution in [1.29, 1.82) is 0 Å². The van der Waals surface area contributed by atoms with Gasteiger partial charge in [-0.2, -0.15) is 0 Å². The van der Waals surface area contributed by atoms with Gasteiger partial charge in [0.15, 0.2) is 5.75 Å². The van der Waals surface area contributed by atoms with Gasteiger partial charge in [0, 0.05) is 6.54 Å². The van der Waals surface area contributed by atoms with Crippen LogP contribution in [0.2, 0.25) is 10.0 Å². The number of carboxylic acids is 1. The highest BCUT2D eigenvalue weighted by atomic mass is 35.5. The van der Waals surface area contributed by atoms with E-state index in [1.165, 1.54) is 7.11 Å². The molecule has 6 heteroatoms. The van der Waals surface area contributed by atoms with Crippen molar-refractivity contribution < 1.29 is 14.6 Å². The summed E-state index contributed by atoms with van der Waals surface area (Å²) in [6.07, 6.45) is 0. The number of hydrogen-bond donors (Lipinski definition) is 2. The van der Waals surface area contributed by atoms with Crippen LogP contribution in [0.1, 0.15) is 19.4 Å². The summed E-state index contributed by atoms with van der Waals surface area (Å²) in [5.41, 5.74) is 0.808. The molecule has 0 saturated heterocycles. The highest BCUT2D eigenvalue weighted by Crippen LogP contribution is 2.33. The average molecular weight is 306 g/mol. The maximum Gasteiger partial charge on any atom is 0.320 e. The quantitative estimate of drug-likeness (QED) is 0.847. The largest absolute Gasteiger partial charge is 0.494 e. The van der Waals surface area contributed by atoms with Crippen molar-refractivity contribution in [3.63, 3.8) is 0 Å². The van der Waals surface area contributed by atoms with Crippen LogP contribution in [0.5, 0.6) is 5.75 Å². The lowest BCUT2D eigenvalue weighted by atomic mass is 10.0. The van der Waals surface area contributed by atoms with Gasteiger partial charge in [0.2, 0.25) is 0 Å². The van der Waals surface area contributed by atoms with Crippen LogP contribution in [-0.4, -0.2) is 24.2 Å². The Morgan fingerprint density at radius 1 is 1.37 bits per heavy atom. The molecule has 0 radical (unpaired) electrons. The first-order valence-electron chi connectivity index (χ1n) is 5.85. The van der Waals surface area contributed by atoms with Crippen LogP contribution < -0.4 is 10.1 Å². The van der Waals surface area contributed by atoms with Gasteiger partial charge in [-0.25, -0.2) is 0 Å². The zero-order chi connectivity index (χ0) is 14.6. The number of rotatable bonds is 6. The van der Waals surface area contributed by atoms with E-state index in [4.69, 9.17) is 33.0 Å². The Hall–Kier alpha value is -0.970. The van der Waals surface area contributed by atoms with Crippen molar-refractivity contribution in [2.24, 2.45) is 5.92 Å². The lowest BCUT2D eigenvalue weighted by molar-refractivity contribution is -0.140. The number of halogens is 2. The maximum atomic E-state index is 11.1. The molecule has 19 heavy (non-hydrogen) atoms. The predicted octanol–water partition coefficient (Wildman–Crippen LogP) is 3.20. The monoisotopic (exact) mass is 305 g/mol. The average Bonchev–Trinajstić information content (AvgIpc) is 2.27. The molecule has 0 amide bonds. The Morgan fingerprint density at radius 3 is 2.26 bits per heavy atom. The number of nitrogens with one attached hydrogen (secondary N) is 1. The number of carbonyl (C=O) groups is 1. The smallest absolute Gasteiger partial charge is 0.320 e. The minimum absolute atomic E-state index is 0.0123. The lowest BCUT2D eigenvalue weighted by Crippen LogP contribution is -2.40. The van der Waals surface area contributed by atoms with Crippen LogP contribution in [0.4, 0.5) is 0 Å². The molecule has 0 aliphatic heterocycles. The highest BCUT2D eigenvalue weighted by Gasteiger charge is 2.20. The molecule has 1 rings (SSSR count). The van der Waals surface area contributed by atoms with E-state index in [0.717, 1.165) is 5.56 Å². The molecule has 0 aliphatic rings. The van der Waals surface area contributed by atoms with Gasteiger partial charge in [0.25, 0.3) is 0 Å². The molecule has 0 saturated carbocycles. The molecule has 0 bridgehead atoms. The van der Waals surface area contributed by atoms with E-state index in [0.29, 0.717) is 22.3 Å². The van der Waals surface area contributed by atoms with Crippen molar-refractivity contribution >= 4 is 29.2 Å². The molecule has 106 valence electrons.